The van der Waals surface area contributed by atoms with Crippen LogP contribution in [0.5, 0.6) is 11.5 Å². The first kappa shape index (κ1) is 15.7. The molecule has 0 unspecified atom stereocenters. The number of thioether (sulfide) groups is 1. The van der Waals surface area contributed by atoms with Crippen molar-refractivity contribution in [3.05, 3.63) is 18.2 Å². The lowest BCUT2D eigenvalue weighted by molar-refractivity contribution is -0.137. The third kappa shape index (κ3) is 5.87. The first-order chi connectivity index (χ1) is 9.17. The Morgan fingerprint density at radius 1 is 1.26 bits per heavy atom. The van der Waals surface area contributed by atoms with Crippen LogP contribution < -0.4 is 9.47 Å². The van der Waals surface area contributed by atoms with Crippen LogP contribution in [0.15, 0.2) is 23.1 Å². The molecule has 0 atom stereocenters. The Bertz CT molecular complexity index is 406. The van der Waals surface area contributed by atoms with Crippen molar-refractivity contribution < 1.29 is 19.4 Å². The van der Waals surface area contributed by atoms with Crippen molar-refractivity contribution in [2.75, 3.05) is 19.0 Å². The molecule has 0 bridgehead atoms. The number of carbonyl (C=O) groups is 1. The Morgan fingerprint density at radius 3 is 2.63 bits per heavy atom. The summed E-state index contributed by atoms with van der Waals surface area (Å²) in [6.45, 7) is 5.11. The van der Waals surface area contributed by atoms with Crippen LogP contribution in [-0.4, -0.2) is 30.0 Å². The minimum Gasteiger partial charge on any atom is -0.494 e. The lowest BCUT2D eigenvalue weighted by Crippen LogP contribution is -1.97. The fourth-order valence-electron chi connectivity index (χ4n) is 1.54. The molecule has 0 aliphatic rings. The quantitative estimate of drug-likeness (QED) is 0.556. The molecular weight excluding hydrogens is 264 g/mol. The molecular formula is C14H20O4S. The SMILES string of the molecule is CCOc1ccc(OCC)c(SCCCC(=O)O)c1. The maximum Gasteiger partial charge on any atom is 0.303 e. The van der Waals surface area contributed by atoms with Crippen molar-refractivity contribution in [1.29, 1.82) is 0 Å². The van der Waals surface area contributed by atoms with Crippen LogP contribution in [-0.2, 0) is 4.79 Å². The van der Waals surface area contributed by atoms with Gasteiger partial charge in [0.2, 0.25) is 0 Å². The predicted octanol–water partition coefficient (Wildman–Crippen LogP) is 3.44. The molecule has 0 aliphatic heterocycles. The van der Waals surface area contributed by atoms with E-state index in [9.17, 15) is 4.79 Å². The molecule has 1 rings (SSSR count). The minimum absolute atomic E-state index is 0.197. The van der Waals surface area contributed by atoms with Gasteiger partial charge in [0.1, 0.15) is 11.5 Å². The van der Waals surface area contributed by atoms with Gasteiger partial charge in [0.25, 0.3) is 0 Å². The summed E-state index contributed by atoms with van der Waals surface area (Å²) in [6, 6.07) is 5.73. The molecule has 106 valence electrons. The lowest BCUT2D eigenvalue weighted by Gasteiger charge is -2.12. The Labute approximate surface area is 118 Å². The largest absolute Gasteiger partial charge is 0.494 e. The average molecular weight is 284 g/mol. The summed E-state index contributed by atoms with van der Waals surface area (Å²) in [7, 11) is 0. The van der Waals surface area contributed by atoms with E-state index in [0.717, 1.165) is 22.1 Å². The van der Waals surface area contributed by atoms with Gasteiger partial charge in [-0.25, -0.2) is 0 Å². The van der Waals surface area contributed by atoms with Gasteiger partial charge in [-0.2, -0.15) is 0 Å². The molecule has 1 aromatic rings. The number of carboxylic acid groups (broad SMARTS) is 1. The molecule has 0 spiro atoms. The monoisotopic (exact) mass is 284 g/mol. The number of hydrogen-bond acceptors (Lipinski definition) is 4. The van der Waals surface area contributed by atoms with Crippen molar-refractivity contribution in [3.8, 4) is 11.5 Å². The molecule has 4 nitrogen and oxygen atoms in total. The van der Waals surface area contributed by atoms with E-state index in [2.05, 4.69) is 0 Å². The molecule has 0 radical (unpaired) electrons. The van der Waals surface area contributed by atoms with Gasteiger partial charge >= 0.3 is 5.97 Å². The number of hydrogen-bond donors (Lipinski definition) is 1. The van der Waals surface area contributed by atoms with E-state index >= 15 is 0 Å². The Balaban J connectivity index is 2.64. The summed E-state index contributed by atoms with van der Waals surface area (Å²) in [6.07, 6.45) is 0.840. The number of rotatable bonds is 9. The second-order valence-electron chi connectivity index (χ2n) is 3.82. The third-order valence-electron chi connectivity index (χ3n) is 2.32. The van der Waals surface area contributed by atoms with Gasteiger partial charge in [0.05, 0.1) is 18.1 Å². The molecule has 19 heavy (non-hydrogen) atoms. The molecule has 0 saturated carbocycles. The maximum atomic E-state index is 10.5. The lowest BCUT2D eigenvalue weighted by atomic mass is 10.3. The smallest absolute Gasteiger partial charge is 0.303 e. The molecule has 0 amide bonds. The Hall–Kier alpha value is -1.36. The highest BCUT2D eigenvalue weighted by Crippen LogP contribution is 2.33. The minimum atomic E-state index is -0.756. The van der Waals surface area contributed by atoms with Crippen molar-refractivity contribution in [2.45, 2.75) is 31.6 Å². The van der Waals surface area contributed by atoms with Crippen molar-refractivity contribution >= 4 is 17.7 Å². The molecule has 0 saturated heterocycles. The molecule has 0 aliphatic carbocycles. The van der Waals surface area contributed by atoms with E-state index < -0.39 is 5.97 Å². The highest BCUT2D eigenvalue weighted by atomic mass is 32.2. The van der Waals surface area contributed by atoms with Crippen molar-refractivity contribution in [2.24, 2.45) is 0 Å². The first-order valence-corrected chi connectivity index (χ1v) is 7.40. The fourth-order valence-corrected chi connectivity index (χ4v) is 2.52. The Morgan fingerprint density at radius 2 is 2.00 bits per heavy atom. The normalized spacial score (nSPS) is 10.2. The van der Waals surface area contributed by atoms with E-state index in [1.165, 1.54) is 0 Å². The summed E-state index contributed by atoms with van der Waals surface area (Å²) in [5, 5.41) is 8.61. The summed E-state index contributed by atoms with van der Waals surface area (Å²) in [5.74, 6) is 1.63. The zero-order valence-corrected chi connectivity index (χ0v) is 12.2. The number of carboxylic acids is 1. The molecule has 5 heteroatoms. The van der Waals surface area contributed by atoms with E-state index in [1.807, 2.05) is 32.0 Å². The van der Waals surface area contributed by atoms with Gasteiger partial charge in [0.15, 0.2) is 0 Å². The molecule has 0 fully saturated rings. The van der Waals surface area contributed by atoms with Crippen LogP contribution in [0.4, 0.5) is 0 Å². The van der Waals surface area contributed by atoms with Gasteiger partial charge in [-0.1, -0.05) is 0 Å². The van der Waals surface area contributed by atoms with Gasteiger partial charge < -0.3 is 14.6 Å². The first-order valence-electron chi connectivity index (χ1n) is 6.41. The van der Waals surface area contributed by atoms with Gasteiger partial charge in [0, 0.05) is 6.42 Å². The number of aliphatic carboxylic acids is 1. The fraction of sp³-hybridized carbons (Fsp3) is 0.500. The third-order valence-corrected chi connectivity index (χ3v) is 3.44. The van der Waals surface area contributed by atoms with E-state index in [-0.39, 0.29) is 6.42 Å². The molecule has 0 aromatic heterocycles. The summed E-state index contributed by atoms with van der Waals surface area (Å²) in [4.78, 5) is 11.5. The van der Waals surface area contributed by atoms with Crippen LogP contribution in [0.1, 0.15) is 26.7 Å². The summed E-state index contributed by atoms with van der Waals surface area (Å²) < 4.78 is 11.0. The van der Waals surface area contributed by atoms with Crippen LogP contribution in [0.2, 0.25) is 0 Å². The van der Waals surface area contributed by atoms with Crippen molar-refractivity contribution in [3.63, 3.8) is 0 Å². The van der Waals surface area contributed by atoms with Crippen LogP contribution >= 0.6 is 11.8 Å². The van der Waals surface area contributed by atoms with Crippen LogP contribution in [0.25, 0.3) is 0 Å². The van der Waals surface area contributed by atoms with Gasteiger partial charge in [-0.05, 0) is 44.2 Å². The highest BCUT2D eigenvalue weighted by molar-refractivity contribution is 7.99. The van der Waals surface area contributed by atoms with E-state index in [1.54, 1.807) is 11.8 Å². The standard InChI is InChI=1S/C14H20O4S/c1-3-17-11-7-8-12(18-4-2)13(10-11)19-9-5-6-14(15)16/h7-8,10H,3-6,9H2,1-2H3,(H,15,16). The Kier molecular flexibility index (Phi) is 7.18. The van der Waals surface area contributed by atoms with Gasteiger partial charge in [-0.3, -0.25) is 4.79 Å². The summed E-state index contributed by atoms with van der Waals surface area (Å²) >= 11 is 1.60. The van der Waals surface area contributed by atoms with E-state index in [0.29, 0.717) is 19.6 Å². The van der Waals surface area contributed by atoms with Crippen LogP contribution in [0, 0.1) is 0 Å². The molecule has 1 N–H and O–H groups in total. The number of benzene rings is 1. The summed E-state index contributed by atoms with van der Waals surface area (Å²) in [5.41, 5.74) is 0. The predicted molar refractivity (Wildman–Crippen MR) is 76.4 cm³/mol. The molecule has 1 aromatic carbocycles. The number of ether oxygens (including phenoxy) is 2. The van der Waals surface area contributed by atoms with E-state index in [4.69, 9.17) is 14.6 Å². The molecule has 0 heterocycles. The maximum absolute atomic E-state index is 10.5. The average Bonchev–Trinajstić information content (AvgIpc) is 2.37. The zero-order chi connectivity index (χ0) is 14.1. The highest BCUT2D eigenvalue weighted by Gasteiger charge is 2.07. The van der Waals surface area contributed by atoms with Gasteiger partial charge in [-0.15, -0.1) is 11.8 Å². The second kappa shape index (κ2) is 8.69. The zero-order valence-electron chi connectivity index (χ0n) is 11.3. The van der Waals surface area contributed by atoms with Crippen molar-refractivity contribution in [1.82, 2.24) is 0 Å². The second-order valence-corrected chi connectivity index (χ2v) is 4.96. The van der Waals surface area contributed by atoms with Crippen LogP contribution in [0.3, 0.4) is 0 Å². The topological polar surface area (TPSA) is 55.8 Å².